The van der Waals surface area contributed by atoms with Crippen LogP contribution in [0.3, 0.4) is 0 Å². The highest BCUT2D eigenvalue weighted by Gasteiger charge is 2.28. The summed E-state index contributed by atoms with van der Waals surface area (Å²) in [6.07, 6.45) is 0.521. The van der Waals surface area contributed by atoms with Crippen molar-refractivity contribution in [2.75, 3.05) is 19.4 Å². The zero-order valence-corrected chi connectivity index (χ0v) is 21.9. The lowest BCUT2D eigenvalue weighted by Gasteiger charge is -2.31. The topological polar surface area (TPSA) is 58.6 Å². The molecule has 33 heavy (non-hydrogen) atoms. The molecule has 2 amide bonds. The minimum atomic E-state index is -0.553. The zero-order valence-electron chi connectivity index (χ0n) is 19.6. The number of rotatable bonds is 12. The first-order chi connectivity index (χ1) is 15.8. The van der Waals surface area contributed by atoms with Crippen LogP contribution in [0.2, 0.25) is 10.0 Å². The van der Waals surface area contributed by atoms with Crippen molar-refractivity contribution in [2.24, 2.45) is 5.92 Å². The molecular formula is C25H32Cl2N2O3S. The smallest absolute Gasteiger partial charge is 0.242 e. The first kappa shape index (κ1) is 27.4. The van der Waals surface area contributed by atoms with Crippen LogP contribution < -0.4 is 10.1 Å². The number of amides is 2. The third-order valence-electron chi connectivity index (χ3n) is 5.12. The van der Waals surface area contributed by atoms with Gasteiger partial charge in [0.05, 0.1) is 12.9 Å². The molecule has 0 radical (unpaired) electrons. The maximum atomic E-state index is 13.3. The molecule has 1 atom stereocenters. The third kappa shape index (κ3) is 8.43. The molecular weight excluding hydrogens is 479 g/mol. The van der Waals surface area contributed by atoms with E-state index in [1.807, 2.05) is 45.0 Å². The summed E-state index contributed by atoms with van der Waals surface area (Å²) in [4.78, 5) is 27.9. The molecule has 0 fully saturated rings. The number of carbonyl (C=O) groups excluding carboxylic acids is 2. The predicted octanol–water partition coefficient (Wildman–Crippen LogP) is 5.81. The molecule has 1 N–H and O–H groups in total. The van der Waals surface area contributed by atoms with Crippen LogP contribution in [0.4, 0.5) is 0 Å². The van der Waals surface area contributed by atoms with Crippen LogP contribution in [0.5, 0.6) is 5.75 Å². The van der Waals surface area contributed by atoms with Crippen molar-refractivity contribution in [1.82, 2.24) is 10.2 Å². The van der Waals surface area contributed by atoms with E-state index in [0.29, 0.717) is 41.2 Å². The highest BCUT2D eigenvalue weighted by molar-refractivity contribution is 7.99. The first-order valence-electron chi connectivity index (χ1n) is 11.0. The van der Waals surface area contributed by atoms with Gasteiger partial charge in [-0.1, -0.05) is 62.2 Å². The van der Waals surface area contributed by atoms with E-state index in [1.54, 1.807) is 30.2 Å². The van der Waals surface area contributed by atoms with Gasteiger partial charge in [0.2, 0.25) is 11.8 Å². The molecule has 0 saturated carbocycles. The van der Waals surface area contributed by atoms with Gasteiger partial charge in [-0.15, -0.1) is 11.8 Å². The number of halogens is 2. The number of nitrogens with zero attached hydrogens (tertiary/aromatic N) is 1. The predicted molar refractivity (Wildman–Crippen MR) is 138 cm³/mol. The number of methoxy groups -OCH3 is 1. The molecule has 0 aromatic heterocycles. The van der Waals surface area contributed by atoms with E-state index in [4.69, 9.17) is 27.9 Å². The van der Waals surface area contributed by atoms with Crippen LogP contribution in [0.1, 0.15) is 38.3 Å². The summed E-state index contributed by atoms with van der Waals surface area (Å²) in [5.41, 5.74) is 1.74. The van der Waals surface area contributed by atoms with E-state index >= 15 is 0 Å². The van der Waals surface area contributed by atoms with Gasteiger partial charge in [-0.3, -0.25) is 9.59 Å². The molecule has 8 heteroatoms. The molecule has 2 aromatic carbocycles. The van der Waals surface area contributed by atoms with Crippen molar-refractivity contribution in [1.29, 1.82) is 0 Å². The Morgan fingerprint density at radius 2 is 1.73 bits per heavy atom. The molecule has 0 heterocycles. The van der Waals surface area contributed by atoms with E-state index < -0.39 is 6.04 Å². The lowest BCUT2D eigenvalue weighted by atomic mass is 10.1. The highest BCUT2D eigenvalue weighted by Crippen LogP contribution is 2.28. The molecule has 0 saturated heterocycles. The second-order valence-corrected chi connectivity index (χ2v) is 9.93. The summed E-state index contributed by atoms with van der Waals surface area (Å²) < 4.78 is 5.23. The fourth-order valence-corrected chi connectivity index (χ4v) is 4.91. The highest BCUT2D eigenvalue weighted by atomic mass is 35.5. The summed E-state index contributed by atoms with van der Waals surface area (Å²) in [7, 11) is 1.61. The van der Waals surface area contributed by atoms with Crippen LogP contribution in [0, 0.1) is 5.92 Å². The average molecular weight is 512 g/mol. The molecule has 0 aliphatic heterocycles. The van der Waals surface area contributed by atoms with Crippen molar-refractivity contribution >= 4 is 46.8 Å². The van der Waals surface area contributed by atoms with E-state index in [2.05, 4.69) is 5.32 Å². The zero-order chi connectivity index (χ0) is 24.4. The summed E-state index contributed by atoms with van der Waals surface area (Å²) in [6, 6.07) is 12.3. The monoisotopic (exact) mass is 510 g/mol. The van der Waals surface area contributed by atoms with Crippen molar-refractivity contribution in [3.05, 3.63) is 63.6 Å². The summed E-state index contributed by atoms with van der Waals surface area (Å²) in [5, 5.41) is 4.14. The Balaban J connectivity index is 2.16. The largest absolute Gasteiger partial charge is 0.497 e. The lowest BCUT2D eigenvalue weighted by Crippen LogP contribution is -2.50. The Kier molecular flexibility index (Phi) is 11.4. The van der Waals surface area contributed by atoms with E-state index in [-0.39, 0.29) is 17.6 Å². The Bertz CT molecular complexity index is 902. The number of ether oxygens (including phenoxy) is 1. The molecule has 0 unspecified atom stereocenters. The number of nitrogens with one attached hydrogen (secondary N) is 1. The minimum Gasteiger partial charge on any atom is -0.497 e. The number of hydrogen-bond donors (Lipinski definition) is 1. The van der Waals surface area contributed by atoms with Gasteiger partial charge >= 0.3 is 0 Å². The molecule has 0 bridgehead atoms. The molecule has 0 aliphatic rings. The Hall–Kier alpha value is -1.89. The standard InChI is InChI=1S/C25H32Cl2N2O3S/c1-5-23(25(31)28-13-17(2)3)29(14-18-9-11-19(32-4)12-10-18)24(30)16-33-15-20-21(26)7-6-8-22(20)27/h6-12,17,23H,5,13-16H2,1-4H3,(H,28,31)/t23-/m1/s1. The maximum absolute atomic E-state index is 13.3. The number of thioether (sulfide) groups is 1. The number of hydrogen-bond acceptors (Lipinski definition) is 4. The lowest BCUT2D eigenvalue weighted by molar-refractivity contribution is -0.139. The summed E-state index contributed by atoms with van der Waals surface area (Å²) in [6.45, 7) is 6.91. The Morgan fingerprint density at radius 1 is 1.09 bits per heavy atom. The Morgan fingerprint density at radius 3 is 2.27 bits per heavy atom. The van der Waals surface area contributed by atoms with Crippen molar-refractivity contribution in [3.63, 3.8) is 0 Å². The summed E-state index contributed by atoms with van der Waals surface area (Å²) >= 11 is 13.9. The quantitative estimate of drug-likeness (QED) is 0.391. The van der Waals surface area contributed by atoms with E-state index in [0.717, 1.165) is 16.9 Å². The molecule has 5 nitrogen and oxygen atoms in total. The second-order valence-electron chi connectivity index (χ2n) is 8.13. The minimum absolute atomic E-state index is 0.106. The maximum Gasteiger partial charge on any atom is 0.242 e. The number of carbonyl (C=O) groups is 2. The third-order valence-corrected chi connectivity index (χ3v) is 6.77. The van der Waals surface area contributed by atoms with Crippen LogP contribution in [-0.4, -0.2) is 42.2 Å². The van der Waals surface area contributed by atoms with Crippen LogP contribution in [-0.2, 0) is 21.9 Å². The fourth-order valence-electron chi connectivity index (χ4n) is 3.26. The van der Waals surface area contributed by atoms with Gasteiger partial charge in [-0.25, -0.2) is 0 Å². The average Bonchev–Trinajstić information content (AvgIpc) is 2.79. The van der Waals surface area contributed by atoms with E-state index in [9.17, 15) is 9.59 Å². The van der Waals surface area contributed by atoms with Crippen LogP contribution in [0.15, 0.2) is 42.5 Å². The van der Waals surface area contributed by atoms with Gasteiger partial charge < -0.3 is 15.0 Å². The molecule has 180 valence electrons. The fraction of sp³-hybridized carbons (Fsp3) is 0.440. The van der Waals surface area contributed by atoms with E-state index in [1.165, 1.54) is 11.8 Å². The summed E-state index contributed by atoms with van der Waals surface area (Å²) in [5.74, 6) is 1.55. The molecule has 2 rings (SSSR count). The second kappa shape index (κ2) is 13.7. The molecule has 0 spiro atoms. The van der Waals surface area contributed by atoms with Gasteiger partial charge in [0, 0.05) is 28.9 Å². The van der Waals surface area contributed by atoms with Crippen LogP contribution >= 0.6 is 35.0 Å². The SMILES string of the molecule is CC[C@H](C(=O)NCC(C)C)N(Cc1ccc(OC)cc1)C(=O)CSCc1c(Cl)cccc1Cl. The van der Waals surface area contributed by atoms with Gasteiger partial charge in [0.25, 0.3) is 0 Å². The molecule has 0 aliphatic carbocycles. The van der Waals surface area contributed by atoms with Crippen LogP contribution in [0.25, 0.3) is 0 Å². The van der Waals surface area contributed by atoms with Gasteiger partial charge in [0.15, 0.2) is 0 Å². The van der Waals surface area contributed by atoms with Gasteiger partial charge in [-0.05, 0) is 47.7 Å². The van der Waals surface area contributed by atoms with Crippen molar-refractivity contribution < 1.29 is 14.3 Å². The first-order valence-corrected chi connectivity index (χ1v) is 12.9. The Labute approximate surface area is 211 Å². The van der Waals surface area contributed by atoms with Crippen molar-refractivity contribution in [2.45, 2.75) is 45.5 Å². The van der Waals surface area contributed by atoms with Gasteiger partial charge in [0.1, 0.15) is 11.8 Å². The number of benzene rings is 2. The van der Waals surface area contributed by atoms with Gasteiger partial charge in [-0.2, -0.15) is 0 Å². The van der Waals surface area contributed by atoms with Crippen molar-refractivity contribution in [3.8, 4) is 5.75 Å². The molecule has 2 aromatic rings. The normalized spacial score (nSPS) is 11.8.